The Balaban J connectivity index is 2.40. The van der Waals surface area contributed by atoms with Crippen molar-refractivity contribution >= 4 is 40.3 Å². The number of carbonyl (C=O) groups excluding carboxylic acids is 1. The first kappa shape index (κ1) is 13.7. The van der Waals surface area contributed by atoms with E-state index in [0.717, 1.165) is 3.57 Å². The molecule has 0 amide bonds. The van der Waals surface area contributed by atoms with Crippen LogP contribution >= 0.6 is 34.4 Å². The Bertz CT molecular complexity index is 362. The summed E-state index contributed by atoms with van der Waals surface area (Å²) in [6.45, 7) is 5.53. The van der Waals surface area contributed by atoms with Crippen molar-refractivity contribution in [1.82, 2.24) is 9.97 Å². The maximum atomic E-state index is 11.4. The molecule has 1 rings (SSSR count). The maximum Gasteiger partial charge on any atom is 0.316 e. The highest BCUT2D eigenvalue weighted by Gasteiger charge is 2.16. The van der Waals surface area contributed by atoms with Gasteiger partial charge in [0.05, 0.1) is 5.75 Å². The summed E-state index contributed by atoms with van der Waals surface area (Å²) in [5, 5.41) is 0.589. The minimum Gasteiger partial charge on any atom is -0.459 e. The van der Waals surface area contributed by atoms with Gasteiger partial charge in [0.1, 0.15) is 5.60 Å². The third-order valence-electron chi connectivity index (χ3n) is 1.34. The molecule has 0 unspecified atom stereocenters. The first-order valence-corrected chi connectivity index (χ1v) is 6.75. The Labute approximate surface area is 113 Å². The fourth-order valence-corrected chi connectivity index (χ4v) is 1.71. The van der Waals surface area contributed by atoms with Gasteiger partial charge in [-0.1, -0.05) is 11.8 Å². The van der Waals surface area contributed by atoms with Crippen molar-refractivity contribution in [3.8, 4) is 0 Å². The van der Waals surface area contributed by atoms with Crippen molar-refractivity contribution < 1.29 is 9.53 Å². The molecule has 16 heavy (non-hydrogen) atoms. The van der Waals surface area contributed by atoms with Gasteiger partial charge in [-0.25, -0.2) is 9.97 Å². The van der Waals surface area contributed by atoms with Crippen molar-refractivity contribution in [2.24, 2.45) is 0 Å². The number of ether oxygens (including phenoxy) is 1. The lowest BCUT2D eigenvalue weighted by Gasteiger charge is -2.18. The summed E-state index contributed by atoms with van der Waals surface area (Å²) in [6, 6.07) is 0. The molecule has 88 valence electrons. The summed E-state index contributed by atoms with van der Waals surface area (Å²) >= 11 is 3.41. The number of thioether (sulfide) groups is 1. The summed E-state index contributed by atoms with van der Waals surface area (Å²) in [5.41, 5.74) is -0.440. The van der Waals surface area contributed by atoms with E-state index in [1.54, 1.807) is 12.4 Å². The Hall–Kier alpha value is -0.370. The van der Waals surface area contributed by atoms with Gasteiger partial charge >= 0.3 is 5.97 Å². The normalized spacial score (nSPS) is 11.2. The summed E-state index contributed by atoms with van der Waals surface area (Å²) in [4.78, 5) is 19.6. The number of esters is 1. The molecule has 0 aliphatic carbocycles. The van der Waals surface area contributed by atoms with Crippen LogP contribution in [0.3, 0.4) is 0 Å². The topological polar surface area (TPSA) is 52.1 Å². The molecule has 1 aromatic heterocycles. The van der Waals surface area contributed by atoms with Gasteiger partial charge in [-0.05, 0) is 43.4 Å². The maximum absolute atomic E-state index is 11.4. The molecule has 1 heterocycles. The largest absolute Gasteiger partial charge is 0.459 e. The van der Waals surface area contributed by atoms with E-state index in [0.29, 0.717) is 5.16 Å². The highest BCUT2D eigenvalue weighted by atomic mass is 127. The molecular weight excluding hydrogens is 339 g/mol. The first-order chi connectivity index (χ1) is 7.37. The Morgan fingerprint density at radius 1 is 1.44 bits per heavy atom. The monoisotopic (exact) mass is 352 g/mol. The van der Waals surface area contributed by atoms with E-state index in [1.165, 1.54) is 11.8 Å². The Morgan fingerprint density at radius 2 is 2.00 bits per heavy atom. The molecule has 0 aliphatic heterocycles. The molecule has 0 radical (unpaired) electrons. The van der Waals surface area contributed by atoms with Gasteiger partial charge in [0.15, 0.2) is 5.16 Å². The number of rotatable bonds is 3. The minimum absolute atomic E-state index is 0.234. The van der Waals surface area contributed by atoms with Crippen LogP contribution in [0.25, 0.3) is 0 Å². The summed E-state index contributed by atoms with van der Waals surface area (Å²) in [5.74, 6) is -0.0163. The molecule has 0 spiro atoms. The third kappa shape index (κ3) is 5.64. The van der Waals surface area contributed by atoms with Crippen LogP contribution in [0.5, 0.6) is 0 Å². The average molecular weight is 352 g/mol. The lowest BCUT2D eigenvalue weighted by molar-refractivity contribution is -0.151. The average Bonchev–Trinajstić information content (AvgIpc) is 2.14. The summed E-state index contributed by atoms with van der Waals surface area (Å²) in [7, 11) is 0. The molecule has 0 N–H and O–H groups in total. The van der Waals surface area contributed by atoms with E-state index >= 15 is 0 Å². The number of aromatic nitrogens is 2. The standard InChI is InChI=1S/C10H13IN2O2S/c1-10(2,3)15-8(14)6-16-9-12-4-7(11)5-13-9/h4-5H,6H2,1-3H3. The smallest absolute Gasteiger partial charge is 0.316 e. The summed E-state index contributed by atoms with van der Waals surface area (Å²) < 4.78 is 6.14. The predicted molar refractivity (Wildman–Crippen MR) is 71.3 cm³/mol. The third-order valence-corrected chi connectivity index (χ3v) is 2.74. The number of carbonyl (C=O) groups is 1. The van der Waals surface area contributed by atoms with Gasteiger partial charge in [0, 0.05) is 16.0 Å². The molecule has 0 saturated heterocycles. The van der Waals surface area contributed by atoms with Crippen molar-refractivity contribution in [2.45, 2.75) is 31.5 Å². The second kappa shape index (κ2) is 5.81. The zero-order valence-electron chi connectivity index (χ0n) is 9.36. The van der Waals surface area contributed by atoms with Gasteiger partial charge < -0.3 is 4.74 Å². The number of hydrogen-bond acceptors (Lipinski definition) is 5. The molecule has 1 aromatic rings. The molecule has 0 atom stereocenters. The highest BCUT2D eigenvalue weighted by Crippen LogP contribution is 2.15. The zero-order chi connectivity index (χ0) is 12.2. The predicted octanol–water partition coefficient (Wildman–Crippen LogP) is 2.52. The molecule has 0 aliphatic rings. The molecule has 0 bridgehead atoms. The van der Waals surface area contributed by atoms with E-state index in [9.17, 15) is 4.79 Å². The van der Waals surface area contributed by atoms with E-state index in [-0.39, 0.29) is 11.7 Å². The van der Waals surface area contributed by atoms with Crippen molar-refractivity contribution in [1.29, 1.82) is 0 Å². The van der Waals surface area contributed by atoms with E-state index in [4.69, 9.17) is 4.74 Å². The van der Waals surface area contributed by atoms with Crippen LogP contribution in [-0.2, 0) is 9.53 Å². The van der Waals surface area contributed by atoms with Crippen LogP contribution in [-0.4, -0.2) is 27.3 Å². The quantitative estimate of drug-likeness (QED) is 0.362. The number of halogens is 1. The van der Waals surface area contributed by atoms with Crippen LogP contribution in [0.1, 0.15) is 20.8 Å². The van der Waals surface area contributed by atoms with Crippen molar-refractivity contribution in [3.05, 3.63) is 16.0 Å². The Kier molecular flexibility index (Phi) is 4.97. The van der Waals surface area contributed by atoms with E-state index in [1.807, 2.05) is 20.8 Å². The molecular formula is C10H13IN2O2S. The highest BCUT2D eigenvalue weighted by molar-refractivity contribution is 14.1. The number of hydrogen-bond donors (Lipinski definition) is 0. The Morgan fingerprint density at radius 3 is 2.50 bits per heavy atom. The number of nitrogens with zero attached hydrogens (tertiary/aromatic N) is 2. The zero-order valence-corrected chi connectivity index (χ0v) is 12.3. The fraction of sp³-hybridized carbons (Fsp3) is 0.500. The van der Waals surface area contributed by atoms with Crippen LogP contribution in [0.2, 0.25) is 0 Å². The van der Waals surface area contributed by atoms with Crippen LogP contribution in [0, 0.1) is 3.57 Å². The molecule has 4 nitrogen and oxygen atoms in total. The minimum atomic E-state index is -0.440. The van der Waals surface area contributed by atoms with Crippen molar-refractivity contribution in [2.75, 3.05) is 5.75 Å². The molecule has 0 saturated carbocycles. The second-order valence-electron chi connectivity index (χ2n) is 4.06. The van der Waals surface area contributed by atoms with Crippen molar-refractivity contribution in [3.63, 3.8) is 0 Å². The van der Waals surface area contributed by atoms with Crippen LogP contribution < -0.4 is 0 Å². The van der Waals surface area contributed by atoms with Gasteiger partial charge in [-0.3, -0.25) is 4.79 Å². The lowest BCUT2D eigenvalue weighted by atomic mass is 10.2. The second-order valence-corrected chi connectivity index (χ2v) is 6.25. The fourth-order valence-electron chi connectivity index (χ4n) is 0.869. The molecule has 0 aromatic carbocycles. The van der Waals surface area contributed by atoms with Gasteiger partial charge in [0.25, 0.3) is 0 Å². The van der Waals surface area contributed by atoms with Gasteiger partial charge in [-0.2, -0.15) is 0 Å². The first-order valence-electron chi connectivity index (χ1n) is 4.69. The molecule has 6 heteroatoms. The molecule has 0 fully saturated rings. The van der Waals surface area contributed by atoms with Crippen LogP contribution in [0.4, 0.5) is 0 Å². The van der Waals surface area contributed by atoms with Gasteiger partial charge in [-0.15, -0.1) is 0 Å². The SMILES string of the molecule is CC(C)(C)OC(=O)CSc1ncc(I)cn1. The summed E-state index contributed by atoms with van der Waals surface area (Å²) in [6.07, 6.45) is 3.43. The van der Waals surface area contributed by atoms with E-state index in [2.05, 4.69) is 32.6 Å². The van der Waals surface area contributed by atoms with Gasteiger partial charge in [0.2, 0.25) is 0 Å². The van der Waals surface area contributed by atoms with Crippen LogP contribution in [0.15, 0.2) is 17.6 Å². The van der Waals surface area contributed by atoms with E-state index < -0.39 is 5.60 Å². The lowest BCUT2D eigenvalue weighted by Crippen LogP contribution is -2.24.